The largest absolute Gasteiger partial charge is 0.433 e. The Balaban J connectivity index is 1.92. The van der Waals surface area contributed by atoms with Crippen molar-refractivity contribution in [2.45, 2.75) is 26.9 Å². The highest BCUT2D eigenvalue weighted by molar-refractivity contribution is 5.59. The standard InChI is InChI=1S/C16H24F2N2O/c1-12(2)9-19-10-13-7-8-20(11-13)14-5-3-4-6-15(14)21-16(17)18/h3-6,12-13,16,19H,7-11H2,1-2H3. The van der Waals surface area contributed by atoms with E-state index in [0.29, 0.717) is 11.8 Å². The van der Waals surface area contributed by atoms with Gasteiger partial charge in [-0.1, -0.05) is 26.0 Å². The van der Waals surface area contributed by atoms with E-state index in [1.807, 2.05) is 12.1 Å². The molecule has 1 saturated heterocycles. The third kappa shape index (κ3) is 4.84. The Bertz CT molecular complexity index is 440. The van der Waals surface area contributed by atoms with Crippen LogP contribution in [0.5, 0.6) is 5.75 Å². The van der Waals surface area contributed by atoms with Gasteiger partial charge in [0.25, 0.3) is 0 Å². The highest BCUT2D eigenvalue weighted by Gasteiger charge is 2.25. The smallest absolute Gasteiger partial charge is 0.387 e. The minimum absolute atomic E-state index is 0.267. The van der Waals surface area contributed by atoms with Crippen LogP contribution in [0.15, 0.2) is 24.3 Å². The van der Waals surface area contributed by atoms with Gasteiger partial charge in [0.15, 0.2) is 0 Å². The summed E-state index contributed by atoms with van der Waals surface area (Å²) in [6, 6.07) is 7.03. The SMILES string of the molecule is CC(C)CNCC1CCN(c2ccccc2OC(F)F)C1. The summed E-state index contributed by atoms with van der Waals surface area (Å²) >= 11 is 0. The first-order valence-electron chi connectivity index (χ1n) is 7.55. The van der Waals surface area contributed by atoms with Gasteiger partial charge in [-0.05, 0) is 43.5 Å². The van der Waals surface area contributed by atoms with Crippen LogP contribution in [-0.2, 0) is 0 Å². The van der Waals surface area contributed by atoms with Crippen LogP contribution in [0.3, 0.4) is 0 Å². The Kier molecular flexibility index (Phi) is 5.79. The second-order valence-electron chi connectivity index (χ2n) is 6.00. The Morgan fingerprint density at radius 3 is 2.81 bits per heavy atom. The normalized spacial score (nSPS) is 18.8. The molecule has 1 heterocycles. The molecule has 0 aliphatic carbocycles. The van der Waals surface area contributed by atoms with Gasteiger partial charge >= 0.3 is 6.61 Å². The van der Waals surface area contributed by atoms with Gasteiger partial charge < -0.3 is 15.0 Å². The number of nitrogens with zero attached hydrogens (tertiary/aromatic N) is 1. The van der Waals surface area contributed by atoms with Crippen LogP contribution in [-0.4, -0.2) is 32.8 Å². The van der Waals surface area contributed by atoms with Gasteiger partial charge in [-0.2, -0.15) is 8.78 Å². The Labute approximate surface area is 125 Å². The van der Waals surface area contributed by atoms with Crippen LogP contribution in [0.2, 0.25) is 0 Å². The fraction of sp³-hybridized carbons (Fsp3) is 0.625. The van der Waals surface area contributed by atoms with Crippen molar-refractivity contribution in [3.05, 3.63) is 24.3 Å². The third-order valence-electron chi connectivity index (χ3n) is 3.69. The molecule has 2 rings (SSSR count). The van der Waals surface area contributed by atoms with Crippen molar-refractivity contribution < 1.29 is 13.5 Å². The molecular weight excluding hydrogens is 274 g/mol. The van der Waals surface area contributed by atoms with Gasteiger partial charge in [0.1, 0.15) is 5.75 Å². The van der Waals surface area contributed by atoms with E-state index in [2.05, 4.69) is 28.8 Å². The number of hydrogen-bond donors (Lipinski definition) is 1. The molecule has 3 nitrogen and oxygen atoms in total. The molecule has 1 unspecified atom stereocenters. The van der Waals surface area contributed by atoms with Crippen molar-refractivity contribution in [3.8, 4) is 5.75 Å². The minimum atomic E-state index is -2.78. The topological polar surface area (TPSA) is 24.5 Å². The first-order chi connectivity index (χ1) is 10.1. The minimum Gasteiger partial charge on any atom is -0.433 e. The molecular formula is C16H24F2N2O. The molecule has 0 aromatic heterocycles. The predicted octanol–water partition coefficient (Wildman–Crippen LogP) is 3.36. The van der Waals surface area contributed by atoms with E-state index in [4.69, 9.17) is 0 Å². The zero-order chi connectivity index (χ0) is 15.2. The van der Waals surface area contributed by atoms with E-state index in [-0.39, 0.29) is 5.75 Å². The molecule has 1 N–H and O–H groups in total. The van der Waals surface area contributed by atoms with Crippen LogP contribution in [0.25, 0.3) is 0 Å². The molecule has 5 heteroatoms. The zero-order valence-corrected chi connectivity index (χ0v) is 12.7. The molecule has 118 valence electrons. The molecule has 0 radical (unpaired) electrons. The van der Waals surface area contributed by atoms with Gasteiger partial charge in [0.05, 0.1) is 5.69 Å². The fourth-order valence-electron chi connectivity index (χ4n) is 2.71. The van der Waals surface area contributed by atoms with E-state index >= 15 is 0 Å². The first-order valence-corrected chi connectivity index (χ1v) is 7.55. The number of alkyl halides is 2. The van der Waals surface area contributed by atoms with Crippen molar-refractivity contribution in [3.63, 3.8) is 0 Å². The van der Waals surface area contributed by atoms with Gasteiger partial charge in [0, 0.05) is 13.1 Å². The number of ether oxygens (including phenoxy) is 1. The molecule has 0 spiro atoms. The molecule has 1 fully saturated rings. The van der Waals surface area contributed by atoms with Crippen LogP contribution >= 0.6 is 0 Å². The quantitative estimate of drug-likeness (QED) is 0.835. The lowest BCUT2D eigenvalue weighted by Crippen LogP contribution is -2.28. The number of rotatable bonds is 7. The number of para-hydroxylation sites is 2. The van der Waals surface area contributed by atoms with Crippen LogP contribution in [0.1, 0.15) is 20.3 Å². The number of anilines is 1. The van der Waals surface area contributed by atoms with E-state index in [9.17, 15) is 8.78 Å². The van der Waals surface area contributed by atoms with E-state index in [1.54, 1.807) is 12.1 Å². The lowest BCUT2D eigenvalue weighted by atomic mass is 10.1. The Morgan fingerprint density at radius 1 is 1.33 bits per heavy atom. The van der Waals surface area contributed by atoms with E-state index < -0.39 is 6.61 Å². The van der Waals surface area contributed by atoms with Gasteiger partial charge in [-0.15, -0.1) is 0 Å². The predicted molar refractivity (Wildman–Crippen MR) is 81.1 cm³/mol. The maximum Gasteiger partial charge on any atom is 0.387 e. The van der Waals surface area contributed by atoms with Crippen molar-refractivity contribution in [2.24, 2.45) is 11.8 Å². The summed E-state index contributed by atoms with van der Waals surface area (Å²) < 4.78 is 29.5. The first kappa shape index (κ1) is 16.0. The van der Waals surface area contributed by atoms with Crippen molar-refractivity contribution in [1.29, 1.82) is 0 Å². The molecule has 0 saturated carbocycles. The monoisotopic (exact) mass is 298 g/mol. The maximum absolute atomic E-state index is 12.5. The van der Waals surface area contributed by atoms with Crippen LogP contribution in [0.4, 0.5) is 14.5 Å². The highest BCUT2D eigenvalue weighted by atomic mass is 19.3. The van der Waals surface area contributed by atoms with E-state index in [1.165, 1.54) is 0 Å². The average molecular weight is 298 g/mol. The second-order valence-corrected chi connectivity index (χ2v) is 6.00. The molecule has 0 amide bonds. The molecule has 1 aliphatic heterocycles. The molecule has 21 heavy (non-hydrogen) atoms. The highest BCUT2D eigenvalue weighted by Crippen LogP contribution is 2.32. The van der Waals surface area contributed by atoms with Gasteiger partial charge in [0.2, 0.25) is 0 Å². The van der Waals surface area contributed by atoms with Crippen LogP contribution in [0, 0.1) is 11.8 Å². The number of hydrogen-bond acceptors (Lipinski definition) is 3. The lowest BCUT2D eigenvalue weighted by Gasteiger charge is -2.22. The summed E-state index contributed by atoms with van der Waals surface area (Å²) in [4.78, 5) is 2.14. The fourth-order valence-corrected chi connectivity index (χ4v) is 2.71. The Hall–Kier alpha value is -1.36. The molecule has 1 aromatic carbocycles. The molecule has 0 bridgehead atoms. The lowest BCUT2D eigenvalue weighted by molar-refractivity contribution is -0.0495. The maximum atomic E-state index is 12.5. The summed E-state index contributed by atoms with van der Waals surface area (Å²) in [7, 11) is 0. The Morgan fingerprint density at radius 2 is 2.10 bits per heavy atom. The van der Waals surface area contributed by atoms with Crippen molar-refractivity contribution in [1.82, 2.24) is 5.32 Å². The van der Waals surface area contributed by atoms with E-state index in [0.717, 1.165) is 38.3 Å². The molecule has 1 atom stereocenters. The van der Waals surface area contributed by atoms with Crippen LogP contribution < -0.4 is 15.0 Å². The summed E-state index contributed by atoms with van der Waals surface area (Å²) in [6.45, 7) is 5.36. The number of halogens is 2. The third-order valence-corrected chi connectivity index (χ3v) is 3.69. The molecule has 1 aliphatic rings. The number of benzene rings is 1. The van der Waals surface area contributed by atoms with Gasteiger partial charge in [-0.3, -0.25) is 0 Å². The van der Waals surface area contributed by atoms with Gasteiger partial charge in [-0.25, -0.2) is 0 Å². The summed E-state index contributed by atoms with van der Waals surface area (Å²) in [5.74, 6) is 1.47. The summed E-state index contributed by atoms with van der Waals surface area (Å²) in [5.41, 5.74) is 0.768. The number of nitrogens with one attached hydrogen (secondary N) is 1. The molecule has 1 aromatic rings. The summed E-state index contributed by atoms with van der Waals surface area (Å²) in [5, 5.41) is 3.47. The van der Waals surface area contributed by atoms with Crippen molar-refractivity contribution in [2.75, 3.05) is 31.1 Å². The second kappa shape index (κ2) is 7.59. The summed E-state index contributed by atoms with van der Waals surface area (Å²) in [6.07, 6.45) is 1.08. The average Bonchev–Trinajstić information content (AvgIpc) is 2.87. The van der Waals surface area contributed by atoms with Crippen molar-refractivity contribution >= 4 is 5.69 Å². The zero-order valence-electron chi connectivity index (χ0n) is 12.7.